The standard InChI is InChI=1S/C15H12O5/c1-18-13-6-9(2-4-11(13)15(16)17)10-3-5-12-14(7-10)20-8-19-12/h2-7H,8H2,1H3,(H,16,17). The highest BCUT2D eigenvalue weighted by atomic mass is 16.7. The summed E-state index contributed by atoms with van der Waals surface area (Å²) in [6, 6.07) is 10.5. The minimum Gasteiger partial charge on any atom is -0.496 e. The number of ether oxygens (including phenoxy) is 3. The topological polar surface area (TPSA) is 65.0 Å². The zero-order valence-corrected chi connectivity index (χ0v) is 10.8. The van der Waals surface area contributed by atoms with E-state index in [2.05, 4.69) is 0 Å². The molecule has 1 aliphatic heterocycles. The second-order valence-corrected chi connectivity index (χ2v) is 4.29. The van der Waals surface area contributed by atoms with Crippen molar-refractivity contribution in [3.05, 3.63) is 42.0 Å². The number of aromatic carboxylic acids is 1. The van der Waals surface area contributed by atoms with Gasteiger partial charge in [0.1, 0.15) is 11.3 Å². The quantitative estimate of drug-likeness (QED) is 0.930. The van der Waals surface area contributed by atoms with E-state index in [0.29, 0.717) is 17.2 Å². The molecule has 0 fully saturated rings. The summed E-state index contributed by atoms with van der Waals surface area (Å²) in [5, 5.41) is 9.07. The third-order valence-corrected chi connectivity index (χ3v) is 3.14. The second kappa shape index (κ2) is 4.77. The van der Waals surface area contributed by atoms with Gasteiger partial charge in [0.25, 0.3) is 0 Å². The van der Waals surface area contributed by atoms with Crippen LogP contribution in [0, 0.1) is 0 Å². The van der Waals surface area contributed by atoms with E-state index in [0.717, 1.165) is 11.1 Å². The number of carboxylic acid groups (broad SMARTS) is 1. The van der Waals surface area contributed by atoms with E-state index in [4.69, 9.17) is 19.3 Å². The van der Waals surface area contributed by atoms with Crippen molar-refractivity contribution in [2.75, 3.05) is 13.9 Å². The van der Waals surface area contributed by atoms with Gasteiger partial charge in [0.2, 0.25) is 6.79 Å². The van der Waals surface area contributed by atoms with Crippen molar-refractivity contribution in [3.63, 3.8) is 0 Å². The van der Waals surface area contributed by atoms with Crippen molar-refractivity contribution in [1.29, 1.82) is 0 Å². The molecule has 0 saturated heterocycles. The third-order valence-electron chi connectivity index (χ3n) is 3.14. The minimum absolute atomic E-state index is 0.136. The molecule has 3 rings (SSSR count). The lowest BCUT2D eigenvalue weighted by molar-refractivity contribution is 0.0693. The Bertz CT molecular complexity index is 678. The summed E-state index contributed by atoms with van der Waals surface area (Å²) in [7, 11) is 1.45. The Morgan fingerprint density at radius 2 is 1.80 bits per heavy atom. The van der Waals surface area contributed by atoms with E-state index in [1.54, 1.807) is 12.1 Å². The predicted octanol–water partition coefficient (Wildman–Crippen LogP) is 2.79. The summed E-state index contributed by atoms with van der Waals surface area (Å²) in [6.07, 6.45) is 0. The van der Waals surface area contributed by atoms with Crippen molar-refractivity contribution >= 4 is 5.97 Å². The summed E-state index contributed by atoms with van der Waals surface area (Å²) in [6.45, 7) is 0.222. The van der Waals surface area contributed by atoms with Crippen molar-refractivity contribution in [2.24, 2.45) is 0 Å². The van der Waals surface area contributed by atoms with Gasteiger partial charge in [0, 0.05) is 0 Å². The zero-order valence-electron chi connectivity index (χ0n) is 10.8. The van der Waals surface area contributed by atoms with Gasteiger partial charge < -0.3 is 19.3 Å². The largest absolute Gasteiger partial charge is 0.496 e. The number of methoxy groups -OCH3 is 1. The molecule has 0 radical (unpaired) electrons. The van der Waals surface area contributed by atoms with E-state index in [9.17, 15) is 4.79 Å². The molecule has 1 N–H and O–H groups in total. The fraction of sp³-hybridized carbons (Fsp3) is 0.133. The molecule has 0 unspecified atom stereocenters. The van der Waals surface area contributed by atoms with E-state index in [1.165, 1.54) is 13.2 Å². The fourth-order valence-electron chi connectivity index (χ4n) is 2.12. The zero-order chi connectivity index (χ0) is 14.1. The molecule has 20 heavy (non-hydrogen) atoms. The SMILES string of the molecule is COc1cc(-c2ccc3c(c2)OCO3)ccc1C(=O)O. The molecule has 0 aliphatic carbocycles. The van der Waals surface area contributed by atoms with Crippen molar-refractivity contribution < 1.29 is 24.1 Å². The van der Waals surface area contributed by atoms with Crippen molar-refractivity contribution in [3.8, 4) is 28.4 Å². The van der Waals surface area contributed by atoms with Crippen LogP contribution in [0.1, 0.15) is 10.4 Å². The molecule has 1 aliphatic rings. The van der Waals surface area contributed by atoms with Gasteiger partial charge in [-0.15, -0.1) is 0 Å². The first kappa shape index (κ1) is 12.3. The first-order valence-electron chi connectivity index (χ1n) is 6.00. The van der Waals surface area contributed by atoms with Crippen molar-refractivity contribution in [2.45, 2.75) is 0 Å². The lowest BCUT2D eigenvalue weighted by atomic mass is 10.0. The fourth-order valence-corrected chi connectivity index (χ4v) is 2.12. The van der Waals surface area contributed by atoms with E-state index in [1.807, 2.05) is 18.2 Å². The highest BCUT2D eigenvalue weighted by Gasteiger charge is 2.16. The summed E-state index contributed by atoms with van der Waals surface area (Å²) < 4.78 is 15.7. The van der Waals surface area contributed by atoms with Crippen LogP contribution in [0.4, 0.5) is 0 Å². The summed E-state index contributed by atoms with van der Waals surface area (Å²) in [4.78, 5) is 11.1. The average molecular weight is 272 g/mol. The van der Waals surface area contributed by atoms with E-state index < -0.39 is 5.97 Å². The number of hydrogen-bond donors (Lipinski definition) is 1. The molecule has 5 heteroatoms. The average Bonchev–Trinajstić information content (AvgIpc) is 2.93. The number of benzene rings is 2. The van der Waals surface area contributed by atoms with Gasteiger partial charge in [-0.25, -0.2) is 4.79 Å². The van der Waals surface area contributed by atoms with Crippen LogP contribution in [0.5, 0.6) is 17.2 Å². The van der Waals surface area contributed by atoms with E-state index >= 15 is 0 Å². The van der Waals surface area contributed by atoms with Crippen LogP contribution in [0.3, 0.4) is 0 Å². The second-order valence-electron chi connectivity index (χ2n) is 4.29. The lowest BCUT2D eigenvalue weighted by Crippen LogP contribution is -2.00. The highest BCUT2D eigenvalue weighted by molar-refractivity contribution is 5.92. The molecule has 2 aromatic carbocycles. The van der Waals surface area contributed by atoms with Gasteiger partial charge in [0.05, 0.1) is 7.11 Å². The molecule has 0 atom stereocenters. The molecular weight excluding hydrogens is 260 g/mol. The monoisotopic (exact) mass is 272 g/mol. The number of fused-ring (bicyclic) bond motifs is 1. The maximum absolute atomic E-state index is 11.1. The molecule has 0 spiro atoms. The lowest BCUT2D eigenvalue weighted by Gasteiger charge is -2.08. The predicted molar refractivity (Wildman–Crippen MR) is 71.5 cm³/mol. The summed E-state index contributed by atoms with van der Waals surface area (Å²) >= 11 is 0. The Kier molecular flexibility index (Phi) is 2.95. The minimum atomic E-state index is -1.01. The van der Waals surface area contributed by atoms with E-state index in [-0.39, 0.29) is 12.4 Å². The number of hydrogen-bond acceptors (Lipinski definition) is 4. The Balaban J connectivity index is 2.04. The Morgan fingerprint density at radius 1 is 1.10 bits per heavy atom. The summed E-state index contributed by atoms with van der Waals surface area (Å²) in [5.74, 6) is 0.707. The number of rotatable bonds is 3. The van der Waals surface area contributed by atoms with Gasteiger partial charge in [-0.2, -0.15) is 0 Å². The molecule has 102 valence electrons. The van der Waals surface area contributed by atoms with Gasteiger partial charge in [-0.3, -0.25) is 0 Å². The van der Waals surface area contributed by atoms with Gasteiger partial charge >= 0.3 is 5.97 Å². The first-order valence-corrected chi connectivity index (χ1v) is 6.00. The molecule has 0 saturated carbocycles. The Morgan fingerprint density at radius 3 is 2.55 bits per heavy atom. The summed E-state index contributed by atoms with van der Waals surface area (Å²) in [5.41, 5.74) is 1.90. The van der Waals surface area contributed by atoms with Crippen LogP contribution in [0.15, 0.2) is 36.4 Å². The molecule has 2 aromatic rings. The van der Waals surface area contributed by atoms with Crippen LogP contribution in [0.25, 0.3) is 11.1 Å². The Hall–Kier alpha value is -2.69. The maximum atomic E-state index is 11.1. The molecule has 1 heterocycles. The number of carboxylic acids is 1. The van der Waals surface area contributed by atoms with Crippen LogP contribution in [-0.4, -0.2) is 25.0 Å². The maximum Gasteiger partial charge on any atom is 0.339 e. The van der Waals surface area contributed by atoms with Crippen LogP contribution >= 0.6 is 0 Å². The molecular formula is C15H12O5. The van der Waals surface area contributed by atoms with Crippen molar-refractivity contribution in [1.82, 2.24) is 0 Å². The molecule has 0 bridgehead atoms. The highest BCUT2D eigenvalue weighted by Crippen LogP contribution is 2.37. The third kappa shape index (κ3) is 2.03. The van der Waals surface area contributed by atoms with Gasteiger partial charge in [-0.05, 0) is 35.4 Å². The van der Waals surface area contributed by atoms with Crippen LogP contribution in [0.2, 0.25) is 0 Å². The van der Waals surface area contributed by atoms with Gasteiger partial charge in [-0.1, -0.05) is 12.1 Å². The molecule has 0 amide bonds. The normalized spacial score (nSPS) is 12.2. The van der Waals surface area contributed by atoms with Crippen LogP contribution in [-0.2, 0) is 0 Å². The smallest absolute Gasteiger partial charge is 0.339 e. The number of carbonyl (C=O) groups is 1. The first-order chi connectivity index (χ1) is 9.69. The van der Waals surface area contributed by atoms with Gasteiger partial charge in [0.15, 0.2) is 11.5 Å². The molecule has 5 nitrogen and oxygen atoms in total. The van der Waals surface area contributed by atoms with Crippen LogP contribution < -0.4 is 14.2 Å². The Labute approximate surface area is 115 Å². The molecule has 0 aromatic heterocycles.